The molecule has 1 aliphatic heterocycles. The van der Waals surface area contributed by atoms with Crippen molar-refractivity contribution >= 4 is 11.9 Å². The molecule has 1 fully saturated rings. The van der Waals surface area contributed by atoms with Crippen LogP contribution < -0.4 is 10.8 Å². The highest BCUT2D eigenvalue weighted by molar-refractivity contribution is 5.92. The van der Waals surface area contributed by atoms with Crippen molar-refractivity contribution in [2.75, 3.05) is 18.5 Å². The van der Waals surface area contributed by atoms with Crippen molar-refractivity contribution in [3.8, 4) is 0 Å². The lowest BCUT2D eigenvalue weighted by Crippen LogP contribution is -2.28. The van der Waals surface area contributed by atoms with E-state index in [0.29, 0.717) is 12.0 Å². The van der Waals surface area contributed by atoms with Crippen molar-refractivity contribution in [3.05, 3.63) is 18.0 Å². The van der Waals surface area contributed by atoms with Gasteiger partial charge in [0.05, 0.1) is 5.56 Å². The number of rotatable bonds is 3. The normalized spacial score (nSPS) is 16.5. The van der Waals surface area contributed by atoms with Crippen molar-refractivity contribution in [3.63, 3.8) is 0 Å². The van der Waals surface area contributed by atoms with E-state index in [1.165, 1.54) is 17.9 Å². The van der Waals surface area contributed by atoms with Crippen molar-refractivity contribution in [2.45, 2.75) is 18.9 Å². The zero-order valence-electron chi connectivity index (χ0n) is 9.22. The fourth-order valence-electron chi connectivity index (χ4n) is 1.61. The number of nitrogens with zero attached hydrogens (tertiary/aromatic N) is 2. The van der Waals surface area contributed by atoms with Gasteiger partial charge in [-0.1, -0.05) is 0 Å². The second-order valence-electron chi connectivity index (χ2n) is 3.77. The molecule has 7 heteroatoms. The Balaban J connectivity index is 1.95. The van der Waals surface area contributed by atoms with E-state index in [-0.39, 0.29) is 5.56 Å². The molecular formula is C10H14N4O3. The Bertz CT molecular complexity index is 376. The molecule has 17 heavy (non-hydrogen) atoms. The Morgan fingerprint density at radius 2 is 2.00 bits per heavy atom. The van der Waals surface area contributed by atoms with Crippen LogP contribution in [-0.2, 0) is 4.74 Å². The summed E-state index contributed by atoms with van der Waals surface area (Å²) in [6.45, 7) is 1.48. The number of carbonyl (C=O) groups is 1. The molecule has 3 N–H and O–H groups in total. The van der Waals surface area contributed by atoms with E-state index in [1.54, 1.807) is 0 Å². The molecule has 0 aromatic carbocycles. The molecule has 1 saturated heterocycles. The fourth-order valence-corrected chi connectivity index (χ4v) is 1.61. The van der Waals surface area contributed by atoms with Crippen LogP contribution in [0.2, 0.25) is 0 Å². The average molecular weight is 238 g/mol. The predicted octanol–water partition coefficient (Wildman–Crippen LogP) is 0.186. The third kappa shape index (κ3) is 3.11. The number of carbonyl (C=O) groups excluding carboxylic acids is 1. The van der Waals surface area contributed by atoms with Gasteiger partial charge < -0.3 is 10.1 Å². The van der Waals surface area contributed by atoms with E-state index < -0.39 is 5.91 Å². The average Bonchev–Trinajstić information content (AvgIpc) is 2.40. The Hall–Kier alpha value is -1.73. The van der Waals surface area contributed by atoms with E-state index in [9.17, 15) is 4.79 Å². The highest BCUT2D eigenvalue weighted by Gasteiger charge is 2.14. The van der Waals surface area contributed by atoms with Crippen LogP contribution in [0.1, 0.15) is 23.2 Å². The molecule has 0 unspecified atom stereocenters. The minimum absolute atomic E-state index is 0.213. The number of amides is 1. The molecule has 1 aromatic rings. The van der Waals surface area contributed by atoms with Crippen LogP contribution >= 0.6 is 0 Å². The van der Waals surface area contributed by atoms with Gasteiger partial charge in [0, 0.05) is 31.6 Å². The summed E-state index contributed by atoms with van der Waals surface area (Å²) < 4.78 is 5.24. The SMILES string of the molecule is O=C(NO)c1cnc(NC2CCOCC2)nc1. The molecule has 0 atom stereocenters. The maximum atomic E-state index is 11.0. The van der Waals surface area contributed by atoms with Gasteiger partial charge in [-0.25, -0.2) is 15.4 Å². The first kappa shape index (κ1) is 11.7. The topological polar surface area (TPSA) is 96.4 Å². The highest BCUT2D eigenvalue weighted by atomic mass is 16.5. The molecule has 0 spiro atoms. The van der Waals surface area contributed by atoms with Crippen molar-refractivity contribution in [1.29, 1.82) is 0 Å². The lowest BCUT2D eigenvalue weighted by atomic mass is 10.1. The molecule has 0 aliphatic carbocycles. The number of hydrogen-bond acceptors (Lipinski definition) is 6. The van der Waals surface area contributed by atoms with Gasteiger partial charge >= 0.3 is 0 Å². The molecule has 2 heterocycles. The molecule has 1 aromatic heterocycles. The number of ether oxygens (including phenoxy) is 1. The molecule has 7 nitrogen and oxygen atoms in total. The number of nitrogens with one attached hydrogen (secondary N) is 2. The maximum absolute atomic E-state index is 11.0. The fraction of sp³-hybridized carbons (Fsp3) is 0.500. The molecule has 1 amide bonds. The minimum atomic E-state index is -0.623. The van der Waals surface area contributed by atoms with Crippen LogP contribution in [0.15, 0.2) is 12.4 Å². The third-order valence-corrected chi connectivity index (χ3v) is 2.57. The summed E-state index contributed by atoms with van der Waals surface area (Å²) in [5, 5.41) is 11.6. The van der Waals surface area contributed by atoms with E-state index in [2.05, 4.69) is 15.3 Å². The Kier molecular flexibility index (Phi) is 3.84. The summed E-state index contributed by atoms with van der Waals surface area (Å²) in [4.78, 5) is 19.1. The van der Waals surface area contributed by atoms with Crippen molar-refractivity contribution in [2.24, 2.45) is 0 Å². The Morgan fingerprint density at radius 3 is 2.59 bits per heavy atom. The summed E-state index contributed by atoms with van der Waals surface area (Å²) in [7, 11) is 0. The van der Waals surface area contributed by atoms with E-state index >= 15 is 0 Å². The van der Waals surface area contributed by atoms with E-state index in [0.717, 1.165) is 26.1 Å². The Morgan fingerprint density at radius 1 is 1.35 bits per heavy atom. The summed E-state index contributed by atoms with van der Waals surface area (Å²) in [5.41, 5.74) is 1.74. The standard InChI is InChI=1S/C10H14N4O3/c15-9(14-16)7-5-11-10(12-6-7)13-8-1-3-17-4-2-8/h5-6,8,16H,1-4H2,(H,14,15)(H,11,12,13). The van der Waals surface area contributed by atoms with Crippen LogP contribution in [0.4, 0.5) is 5.95 Å². The van der Waals surface area contributed by atoms with Crippen LogP contribution in [0, 0.1) is 0 Å². The number of hydrogen-bond donors (Lipinski definition) is 3. The number of hydroxylamine groups is 1. The van der Waals surface area contributed by atoms with Gasteiger partial charge in [0.1, 0.15) is 0 Å². The summed E-state index contributed by atoms with van der Waals surface area (Å²) in [5.74, 6) is -0.144. The zero-order chi connectivity index (χ0) is 12.1. The van der Waals surface area contributed by atoms with Crippen molar-refractivity contribution < 1.29 is 14.7 Å². The second-order valence-corrected chi connectivity index (χ2v) is 3.77. The minimum Gasteiger partial charge on any atom is -0.381 e. The first-order chi connectivity index (χ1) is 8.29. The van der Waals surface area contributed by atoms with Crippen LogP contribution in [0.3, 0.4) is 0 Å². The van der Waals surface area contributed by atoms with E-state index in [1.807, 2.05) is 0 Å². The van der Waals surface area contributed by atoms with Crippen LogP contribution in [0.25, 0.3) is 0 Å². The largest absolute Gasteiger partial charge is 0.381 e. The van der Waals surface area contributed by atoms with Crippen LogP contribution in [-0.4, -0.2) is 40.3 Å². The van der Waals surface area contributed by atoms with Crippen molar-refractivity contribution in [1.82, 2.24) is 15.4 Å². The van der Waals surface area contributed by atoms with Gasteiger partial charge in [0.2, 0.25) is 5.95 Å². The number of anilines is 1. The molecule has 92 valence electrons. The second kappa shape index (κ2) is 5.55. The Labute approximate surface area is 98.2 Å². The third-order valence-electron chi connectivity index (χ3n) is 2.57. The molecule has 0 radical (unpaired) electrons. The lowest BCUT2D eigenvalue weighted by Gasteiger charge is -2.22. The highest BCUT2D eigenvalue weighted by Crippen LogP contribution is 2.11. The summed E-state index contributed by atoms with van der Waals surface area (Å²) >= 11 is 0. The van der Waals surface area contributed by atoms with Gasteiger partial charge in [-0.05, 0) is 12.8 Å². The van der Waals surface area contributed by atoms with Gasteiger partial charge in [0.25, 0.3) is 5.91 Å². The van der Waals surface area contributed by atoms with Gasteiger partial charge in [-0.3, -0.25) is 10.0 Å². The van der Waals surface area contributed by atoms with E-state index in [4.69, 9.17) is 9.94 Å². The quantitative estimate of drug-likeness (QED) is 0.513. The predicted molar refractivity (Wildman–Crippen MR) is 58.7 cm³/mol. The maximum Gasteiger partial charge on any atom is 0.277 e. The zero-order valence-corrected chi connectivity index (χ0v) is 9.22. The molecule has 0 saturated carbocycles. The van der Waals surface area contributed by atoms with Gasteiger partial charge in [-0.2, -0.15) is 0 Å². The monoisotopic (exact) mass is 238 g/mol. The molecular weight excluding hydrogens is 224 g/mol. The molecule has 0 bridgehead atoms. The molecule has 2 rings (SSSR count). The molecule has 1 aliphatic rings. The summed E-state index contributed by atoms with van der Waals surface area (Å²) in [6, 6.07) is 0.307. The number of aromatic nitrogens is 2. The first-order valence-electron chi connectivity index (χ1n) is 5.40. The summed E-state index contributed by atoms with van der Waals surface area (Å²) in [6.07, 6.45) is 4.56. The van der Waals surface area contributed by atoms with Gasteiger partial charge in [0.15, 0.2) is 0 Å². The van der Waals surface area contributed by atoms with Gasteiger partial charge in [-0.15, -0.1) is 0 Å². The lowest BCUT2D eigenvalue weighted by molar-refractivity contribution is 0.0705. The smallest absolute Gasteiger partial charge is 0.277 e. The van der Waals surface area contributed by atoms with Crippen LogP contribution in [0.5, 0.6) is 0 Å². The first-order valence-corrected chi connectivity index (χ1v) is 5.40.